The maximum atomic E-state index is 12.2. The molecule has 0 saturated carbocycles. The van der Waals surface area contributed by atoms with Gasteiger partial charge in [-0.2, -0.15) is 5.26 Å². The van der Waals surface area contributed by atoms with E-state index in [0.717, 1.165) is 0 Å². The molecule has 0 bridgehead atoms. The van der Waals surface area contributed by atoms with Crippen molar-refractivity contribution >= 4 is 39.1 Å². The molecule has 0 aliphatic carbocycles. The zero-order valence-corrected chi connectivity index (χ0v) is 15.1. The molecular weight excluding hydrogens is 385 g/mol. The van der Waals surface area contributed by atoms with Gasteiger partial charge in [0, 0.05) is 16.6 Å². The average Bonchev–Trinajstić information content (AvgIpc) is 2.59. The van der Waals surface area contributed by atoms with Crippen molar-refractivity contribution in [2.24, 2.45) is 0 Å². The van der Waals surface area contributed by atoms with Gasteiger partial charge < -0.3 is 5.32 Å². The molecule has 0 radical (unpaired) electrons. The van der Waals surface area contributed by atoms with E-state index < -0.39 is 22.5 Å². The lowest BCUT2D eigenvalue weighted by Gasteiger charge is -2.10. The first-order valence-electron chi connectivity index (χ1n) is 7.03. The van der Waals surface area contributed by atoms with Crippen molar-refractivity contribution < 1.29 is 13.2 Å². The van der Waals surface area contributed by atoms with Gasteiger partial charge in [0.15, 0.2) is 0 Å². The summed E-state index contributed by atoms with van der Waals surface area (Å²) in [5, 5.41) is 12.4. The first-order chi connectivity index (χ1) is 11.8. The summed E-state index contributed by atoms with van der Waals surface area (Å²) in [7, 11) is -3.97. The number of hydrogen-bond donors (Lipinski definition) is 2. The highest BCUT2D eigenvalue weighted by Crippen LogP contribution is 2.20. The van der Waals surface area contributed by atoms with Gasteiger partial charge in [-0.15, -0.1) is 0 Å². The van der Waals surface area contributed by atoms with Crippen molar-refractivity contribution in [1.82, 2.24) is 10.0 Å². The van der Waals surface area contributed by atoms with Gasteiger partial charge in [-0.05, 0) is 29.8 Å². The fourth-order valence-corrected chi connectivity index (χ4v) is 3.57. The summed E-state index contributed by atoms with van der Waals surface area (Å²) in [6.07, 6.45) is 0. The van der Waals surface area contributed by atoms with Gasteiger partial charge in [-0.1, -0.05) is 41.4 Å². The van der Waals surface area contributed by atoms with Crippen LogP contribution in [0.2, 0.25) is 10.0 Å². The molecule has 25 heavy (non-hydrogen) atoms. The zero-order valence-electron chi connectivity index (χ0n) is 12.8. The zero-order chi connectivity index (χ0) is 18.4. The van der Waals surface area contributed by atoms with Crippen molar-refractivity contribution in [2.75, 3.05) is 6.54 Å². The molecule has 130 valence electrons. The van der Waals surface area contributed by atoms with Crippen molar-refractivity contribution in [2.45, 2.75) is 11.4 Å². The van der Waals surface area contributed by atoms with Gasteiger partial charge in [0.2, 0.25) is 15.9 Å². The second-order valence-electron chi connectivity index (χ2n) is 4.94. The highest BCUT2D eigenvalue weighted by molar-refractivity contribution is 7.89. The number of nitrogens with one attached hydrogen (secondary N) is 2. The minimum absolute atomic E-state index is 0.00311. The number of amides is 1. The Bertz CT molecular complexity index is 940. The molecule has 0 aliphatic rings. The molecular formula is C16H13Cl2N3O3S. The third kappa shape index (κ3) is 5.18. The van der Waals surface area contributed by atoms with Crippen LogP contribution in [0.1, 0.15) is 11.1 Å². The summed E-state index contributed by atoms with van der Waals surface area (Å²) in [6, 6.07) is 12.4. The maximum Gasteiger partial charge on any atom is 0.242 e. The molecule has 1 amide bonds. The van der Waals surface area contributed by atoms with E-state index in [1.165, 1.54) is 18.2 Å². The fourth-order valence-electron chi connectivity index (χ4n) is 1.95. The highest BCUT2D eigenvalue weighted by atomic mass is 35.5. The maximum absolute atomic E-state index is 12.2. The summed E-state index contributed by atoms with van der Waals surface area (Å²) >= 11 is 11.8. The molecule has 2 aromatic carbocycles. The van der Waals surface area contributed by atoms with Gasteiger partial charge >= 0.3 is 0 Å². The fraction of sp³-hybridized carbons (Fsp3) is 0.125. The van der Waals surface area contributed by atoms with Crippen LogP contribution in [0.3, 0.4) is 0 Å². The summed E-state index contributed by atoms with van der Waals surface area (Å²) in [5.41, 5.74) is 0.653. The summed E-state index contributed by atoms with van der Waals surface area (Å²) < 4.78 is 26.6. The normalized spacial score (nSPS) is 10.9. The van der Waals surface area contributed by atoms with Crippen LogP contribution in [-0.2, 0) is 21.4 Å². The number of hydrogen-bond acceptors (Lipinski definition) is 4. The van der Waals surface area contributed by atoms with E-state index in [4.69, 9.17) is 28.5 Å². The van der Waals surface area contributed by atoms with Gasteiger partial charge in [-0.25, -0.2) is 13.1 Å². The van der Waals surface area contributed by atoms with Gasteiger partial charge in [-0.3, -0.25) is 4.79 Å². The lowest BCUT2D eigenvalue weighted by molar-refractivity contribution is -0.120. The number of sulfonamides is 1. The topological polar surface area (TPSA) is 99.1 Å². The van der Waals surface area contributed by atoms with Gasteiger partial charge in [0.25, 0.3) is 0 Å². The number of carbonyl (C=O) groups is 1. The highest BCUT2D eigenvalue weighted by Gasteiger charge is 2.19. The smallest absolute Gasteiger partial charge is 0.242 e. The van der Waals surface area contributed by atoms with Crippen LogP contribution in [-0.4, -0.2) is 20.9 Å². The molecule has 0 saturated heterocycles. The predicted octanol–water partition coefficient (Wildman–Crippen LogP) is 2.46. The Morgan fingerprint density at radius 1 is 1.16 bits per heavy atom. The molecule has 0 aliphatic heterocycles. The van der Waals surface area contributed by atoms with Crippen LogP contribution in [0.5, 0.6) is 0 Å². The van der Waals surface area contributed by atoms with Crippen LogP contribution in [0, 0.1) is 11.3 Å². The van der Waals surface area contributed by atoms with Crippen molar-refractivity contribution in [3.63, 3.8) is 0 Å². The van der Waals surface area contributed by atoms with E-state index >= 15 is 0 Å². The summed E-state index contributed by atoms with van der Waals surface area (Å²) in [4.78, 5) is 11.7. The van der Waals surface area contributed by atoms with Crippen LogP contribution in [0.25, 0.3) is 0 Å². The number of nitrogens with zero attached hydrogens (tertiary/aromatic N) is 1. The van der Waals surface area contributed by atoms with Crippen LogP contribution >= 0.6 is 23.2 Å². The summed E-state index contributed by atoms with van der Waals surface area (Å²) in [5.74, 6) is -0.538. The lowest BCUT2D eigenvalue weighted by atomic mass is 10.2. The SMILES string of the molecule is N#Cc1ccccc1S(=O)(=O)NCC(=O)NCc1ccc(Cl)cc1Cl. The molecule has 9 heteroatoms. The molecule has 2 N–H and O–H groups in total. The molecule has 2 rings (SSSR count). The number of rotatable bonds is 6. The van der Waals surface area contributed by atoms with E-state index in [0.29, 0.717) is 15.6 Å². The monoisotopic (exact) mass is 397 g/mol. The standard InChI is InChI=1S/C16H13Cl2N3O3S/c17-13-6-5-12(14(18)7-13)9-20-16(22)10-21-25(23,24)15-4-2-1-3-11(15)8-19/h1-7,21H,9-10H2,(H,20,22). The minimum Gasteiger partial charge on any atom is -0.351 e. The van der Waals surface area contributed by atoms with Gasteiger partial charge in [0.05, 0.1) is 17.0 Å². The van der Waals surface area contributed by atoms with Crippen LogP contribution < -0.4 is 10.0 Å². The van der Waals surface area contributed by atoms with E-state index in [9.17, 15) is 13.2 Å². The number of nitriles is 1. The Morgan fingerprint density at radius 2 is 1.88 bits per heavy atom. The van der Waals surface area contributed by atoms with Crippen LogP contribution in [0.15, 0.2) is 47.4 Å². The van der Waals surface area contributed by atoms with E-state index in [1.54, 1.807) is 30.3 Å². The van der Waals surface area contributed by atoms with Crippen molar-refractivity contribution in [3.8, 4) is 6.07 Å². The van der Waals surface area contributed by atoms with E-state index in [1.807, 2.05) is 0 Å². The third-order valence-corrected chi connectivity index (χ3v) is 5.26. The Hall–Kier alpha value is -2.11. The Balaban J connectivity index is 1.96. The van der Waals surface area contributed by atoms with Crippen molar-refractivity contribution in [1.29, 1.82) is 5.26 Å². The quantitative estimate of drug-likeness (QED) is 0.781. The first-order valence-corrected chi connectivity index (χ1v) is 9.27. The average molecular weight is 398 g/mol. The predicted molar refractivity (Wildman–Crippen MR) is 94.7 cm³/mol. The number of benzene rings is 2. The van der Waals surface area contributed by atoms with E-state index in [-0.39, 0.29) is 17.0 Å². The molecule has 0 atom stereocenters. The molecule has 0 fully saturated rings. The van der Waals surface area contributed by atoms with E-state index in [2.05, 4.69) is 10.0 Å². The molecule has 0 unspecified atom stereocenters. The summed E-state index contributed by atoms with van der Waals surface area (Å²) in [6.45, 7) is -0.335. The first kappa shape index (κ1) is 19.2. The van der Waals surface area contributed by atoms with Crippen LogP contribution in [0.4, 0.5) is 0 Å². The Morgan fingerprint density at radius 3 is 2.56 bits per heavy atom. The number of carbonyl (C=O) groups excluding carboxylic acids is 1. The lowest BCUT2D eigenvalue weighted by Crippen LogP contribution is -2.36. The molecule has 0 aromatic heterocycles. The molecule has 0 heterocycles. The minimum atomic E-state index is -3.97. The largest absolute Gasteiger partial charge is 0.351 e. The Kier molecular flexibility index (Phi) is 6.39. The Labute approximate surface area is 155 Å². The second kappa shape index (κ2) is 8.32. The molecule has 0 spiro atoms. The third-order valence-electron chi connectivity index (χ3n) is 3.21. The molecule has 6 nitrogen and oxygen atoms in total. The molecule has 2 aromatic rings. The van der Waals surface area contributed by atoms with Gasteiger partial charge in [0.1, 0.15) is 6.07 Å². The number of halogens is 2. The van der Waals surface area contributed by atoms with Crippen molar-refractivity contribution in [3.05, 3.63) is 63.6 Å². The second-order valence-corrected chi connectivity index (χ2v) is 7.52.